The van der Waals surface area contributed by atoms with Gasteiger partial charge in [-0.2, -0.15) is 0 Å². The number of nitrogens with one attached hydrogen (secondary N) is 1. The average molecular weight is 219 g/mol. The highest BCUT2D eigenvalue weighted by Gasteiger charge is 2.28. The van der Waals surface area contributed by atoms with Gasteiger partial charge in [0.25, 0.3) is 0 Å². The third-order valence-electron chi connectivity index (χ3n) is 3.33. The van der Waals surface area contributed by atoms with Crippen LogP contribution in [0.3, 0.4) is 0 Å². The Kier molecular flexibility index (Phi) is 3.25. The molecule has 1 heterocycles. The van der Waals surface area contributed by atoms with E-state index in [1.807, 2.05) is 12.1 Å². The van der Waals surface area contributed by atoms with E-state index in [0.717, 1.165) is 13.0 Å². The van der Waals surface area contributed by atoms with Crippen LogP contribution in [0.1, 0.15) is 23.5 Å². The average Bonchev–Trinajstić information content (AvgIpc) is 2.30. The fraction of sp³-hybridized carbons (Fsp3) is 0.462. The Hall–Kier alpha value is -1.35. The van der Waals surface area contributed by atoms with Gasteiger partial charge in [0.2, 0.25) is 0 Å². The smallest absolute Gasteiger partial charge is 0.307 e. The van der Waals surface area contributed by atoms with Gasteiger partial charge < -0.3 is 10.4 Å². The van der Waals surface area contributed by atoms with Crippen LogP contribution >= 0.6 is 0 Å². The third kappa shape index (κ3) is 2.25. The maximum absolute atomic E-state index is 11.0. The molecule has 2 N–H and O–H groups in total. The van der Waals surface area contributed by atoms with Crippen molar-refractivity contribution in [1.82, 2.24) is 5.32 Å². The van der Waals surface area contributed by atoms with E-state index < -0.39 is 5.97 Å². The van der Waals surface area contributed by atoms with E-state index >= 15 is 0 Å². The molecule has 0 radical (unpaired) electrons. The van der Waals surface area contributed by atoms with Crippen LogP contribution < -0.4 is 5.32 Å². The lowest BCUT2D eigenvalue weighted by Gasteiger charge is -2.28. The molecule has 0 saturated carbocycles. The summed E-state index contributed by atoms with van der Waals surface area (Å²) in [4.78, 5) is 11.0. The normalized spacial score (nSPS) is 25.3. The van der Waals surface area contributed by atoms with Gasteiger partial charge in [-0.1, -0.05) is 24.3 Å². The molecule has 0 bridgehead atoms. The fourth-order valence-electron chi connectivity index (χ4n) is 2.41. The summed E-state index contributed by atoms with van der Waals surface area (Å²) in [7, 11) is 0. The van der Waals surface area contributed by atoms with E-state index in [9.17, 15) is 4.79 Å². The van der Waals surface area contributed by atoms with E-state index in [1.54, 1.807) is 0 Å². The van der Waals surface area contributed by atoms with Gasteiger partial charge in [0.15, 0.2) is 0 Å². The number of rotatable bonds is 2. The minimum Gasteiger partial charge on any atom is -0.481 e. The first-order valence-corrected chi connectivity index (χ1v) is 5.67. The number of hydrogen-bond donors (Lipinski definition) is 2. The van der Waals surface area contributed by atoms with Crippen molar-refractivity contribution in [2.24, 2.45) is 5.92 Å². The predicted octanol–water partition coefficient (Wildman–Crippen LogP) is 1.77. The summed E-state index contributed by atoms with van der Waals surface area (Å²) < 4.78 is 0. The van der Waals surface area contributed by atoms with Crippen molar-refractivity contribution < 1.29 is 9.90 Å². The predicted molar refractivity (Wildman–Crippen MR) is 62.5 cm³/mol. The Bertz CT molecular complexity index is 389. The number of benzene rings is 1. The van der Waals surface area contributed by atoms with Crippen molar-refractivity contribution in [2.45, 2.75) is 19.3 Å². The number of carboxylic acid groups (broad SMARTS) is 1. The van der Waals surface area contributed by atoms with Gasteiger partial charge >= 0.3 is 5.97 Å². The summed E-state index contributed by atoms with van der Waals surface area (Å²) in [5.41, 5.74) is 2.53. The van der Waals surface area contributed by atoms with E-state index in [0.29, 0.717) is 12.5 Å². The van der Waals surface area contributed by atoms with Crippen LogP contribution in [0.2, 0.25) is 0 Å². The van der Waals surface area contributed by atoms with Crippen molar-refractivity contribution in [2.75, 3.05) is 13.1 Å². The number of hydrogen-bond acceptors (Lipinski definition) is 2. The van der Waals surface area contributed by atoms with Crippen LogP contribution in [0, 0.1) is 12.8 Å². The molecule has 16 heavy (non-hydrogen) atoms. The highest BCUT2D eigenvalue weighted by Crippen LogP contribution is 2.28. The van der Waals surface area contributed by atoms with E-state index in [1.165, 1.54) is 11.1 Å². The molecular formula is C13H17NO2. The van der Waals surface area contributed by atoms with Crippen molar-refractivity contribution in [3.05, 3.63) is 35.4 Å². The fourth-order valence-corrected chi connectivity index (χ4v) is 2.41. The summed E-state index contributed by atoms with van der Waals surface area (Å²) in [5, 5.41) is 12.2. The van der Waals surface area contributed by atoms with Crippen LogP contribution in [-0.2, 0) is 4.79 Å². The number of aryl methyl sites for hydroxylation is 1. The zero-order valence-corrected chi connectivity index (χ0v) is 9.44. The lowest BCUT2D eigenvalue weighted by molar-refractivity contribution is -0.142. The summed E-state index contributed by atoms with van der Waals surface area (Å²) in [5.74, 6) is -0.611. The molecular weight excluding hydrogens is 202 g/mol. The molecule has 3 nitrogen and oxygen atoms in total. The molecule has 0 aromatic heterocycles. The Balaban J connectivity index is 2.16. The highest BCUT2D eigenvalue weighted by molar-refractivity contribution is 5.70. The zero-order valence-electron chi connectivity index (χ0n) is 9.44. The summed E-state index contributed by atoms with van der Waals surface area (Å²) in [6, 6.07) is 8.22. The molecule has 0 aliphatic carbocycles. The van der Waals surface area contributed by atoms with Gasteiger partial charge in [0.1, 0.15) is 0 Å². The molecule has 0 unspecified atom stereocenters. The second-order valence-corrected chi connectivity index (χ2v) is 4.48. The molecule has 0 amide bonds. The number of carboxylic acids is 1. The maximum atomic E-state index is 11.0. The standard InChI is InChI=1S/C13H17NO2/c1-9-4-2-3-5-12(9)10-6-11(13(15)16)8-14-7-10/h2-5,10-11,14H,6-8H2,1H3,(H,15,16)/t10-,11-/m0/s1. The van der Waals surface area contributed by atoms with E-state index in [4.69, 9.17) is 5.11 Å². The molecule has 1 aromatic carbocycles. The van der Waals surface area contributed by atoms with Gasteiger partial charge in [0.05, 0.1) is 5.92 Å². The van der Waals surface area contributed by atoms with Crippen LogP contribution in [0.4, 0.5) is 0 Å². The molecule has 2 atom stereocenters. The minimum atomic E-state index is -0.689. The lowest BCUT2D eigenvalue weighted by atomic mass is 9.84. The van der Waals surface area contributed by atoms with Crippen molar-refractivity contribution >= 4 is 5.97 Å². The molecule has 1 saturated heterocycles. The molecule has 1 aliphatic heterocycles. The lowest BCUT2D eigenvalue weighted by Crippen LogP contribution is -2.38. The molecule has 2 rings (SSSR count). The van der Waals surface area contributed by atoms with Crippen molar-refractivity contribution in [1.29, 1.82) is 0 Å². The van der Waals surface area contributed by atoms with Gasteiger partial charge in [0, 0.05) is 13.1 Å². The first kappa shape index (κ1) is 11.1. The van der Waals surface area contributed by atoms with Crippen molar-refractivity contribution in [3.8, 4) is 0 Å². The monoisotopic (exact) mass is 219 g/mol. The molecule has 1 aliphatic rings. The molecule has 1 fully saturated rings. The highest BCUT2D eigenvalue weighted by atomic mass is 16.4. The Morgan fingerprint density at radius 3 is 2.81 bits per heavy atom. The Morgan fingerprint density at radius 1 is 1.38 bits per heavy atom. The van der Waals surface area contributed by atoms with Crippen LogP contribution in [0.15, 0.2) is 24.3 Å². The zero-order chi connectivity index (χ0) is 11.5. The van der Waals surface area contributed by atoms with Gasteiger partial charge in [-0.05, 0) is 30.4 Å². The molecule has 1 aromatic rings. The largest absolute Gasteiger partial charge is 0.481 e. The van der Waals surface area contributed by atoms with E-state index in [-0.39, 0.29) is 5.92 Å². The maximum Gasteiger partial charge on any atom is 0.307 e. The molecule has 86 valence electrons. The summed E-state index contributed by atoms with van der Waals surface area (Å²) >= 11 is 0. The molecule has 0 spiro atoms. The summed E-state index contributed by atoms with van der Waals surface area (Å²) in [6.07, 6.45) is 0.743. The number of carbonyl (C=O) groups is 1. The number of aliphatic carboxylic acids is 1. The topological polar surface area (TPSA) is 49.3 Å². The van der Waals surface area contributed by atoms with Crippen LogP contribution in [0.5, 0.6) is 0 Å². The first-order valence-electron chi connectivity index (χ1n) is 5.67. The van der Waals surface area contributed by atoms with Crippen molar-refractivity contribution in [3.63, 3.8) is 0 Å². The quantitative estimate of drug-likeness (QED) is 0.797. The van der Waals surface area contributed by atoms with Gasteiger partial charge in [-0.15, -0.1) is 0 Å². The number of piperidine rings is 1. The third-order valence-corrected chi connectivity index (χ3v) is 3.33. The Labute approximate surface area is 95.5 Å². The van der Waals surface area contributed by atoms with Gasteiger partial charge in [-0.25, -0.2) is 0 Å². The molecule has 3 heteroatoms. The van der Waals surface area contributed by atoms with E-state index in [2.05, 4.69) is 24.4 Å². The second kappa shape index (κ2) is 4.66. The van der Waals surface area contributed by atoms with Crippen LogP contribution in [0.25, 0.3) is 0 Å². The first-order chi connectivity index (χ1) is 7.68. The SMILES string of the molecule is Cc1ccccc1[C@@H]1CNC[C@@H](C(=O)O)C1. The summed E-state index contributed by atoms with van der Waals surface area (Å²) in [6.45, 7) is 3.56. The Morgan fingerprint density at radius 2 is 2.12 bits per heavy atom. The van der Waals surface area contributed by atoms with Crippen LogP contribution in [-0.4, -0.2) is 24.2 Å². The second-order valence-electron chi connectivity index (χ2n) is 4.48. The van der Waals surface area contributed by atoms with Gasteiger partial charge in [-0.3, -0.25) is 4.79 Å². The minimum absolute atomic E-state index is 0.252.